The molecule has 0 atom stereocenters. The lowest BCUT2D eigenvalue weighted by molar-refractivity contribution is 0.0953. The molecule has 0 aliphatic carbocycles. The predicted molar refractivity (Wildman–Crippen MR) is 82.4 cm³/mol. The van der Waals surface area contributed by atoms with Crippen molar-refractivity contribution >= 4 is 36.4 Å². The van der Waals surface area contributed by atoms with E-state index in [1.807, 2.05) is 11.5 Å². The molecule has 0 spiro atoms. The van der Waals surface area contributed by atoms with Crippen molar-refractivity contribution < 1.29 is 4.79 Å². The number of carbonyl (C=O) groups excluding carboxylic acids is 1. The number of nitrogens with two attached hydrogens (primary N) is 1. The Labute approximate surface area is 129 Å². The third kappa shape index (κ3) is 4.40. The number of carbonyl (C=O) groups is 1. The van der Waals surface area contributed by atoms with Crippen molar-refractivity contribution in [2.24, 2.45) is 0 Å². The first-order valence-electron chi connectivity index (χ1n) is 5.65. The second-order valence-electron chi connectivity index (χ2n) is 3.91. The van der Waals surface area contributed by atoms with Gasteiger partial charge in [-0.3, -0.25) is 4.79 Å². The highest BCUT2D eigenvalue weighted by Crippen LogP contribution is 2.09. The Morgan fingerprint density at radius 1 is 1.35 bits per heavy atom. The summed E-state index contributed by atoms with van der Waals surface area (Å²) >= 11 is 0. The summed E-state index contributed by atoms with van der Waals surface area (Å²) in [5.74, 6) is 0.655. The van der Waals surface area contributed by atoms with Gasteiger partial charge in [0.1, 0.15) is 12.2 Å². The first kappa shape index (κ1) is 18.2. The Hall–Kier alpha value is -1.79. The van der Waals surface area contributed by atoms with Gasteiger partial charge in [-0.25, -0.2) is 0 Å². The molecule has 20 heavy (non-hydrogen) atoms. The van der Waals surface area contributed by atoms with Crippen LogP contribution in [0.25, 0.3) is 0 Å². The molecule has 0 saturated carbocycles. The normalized spacial score (nSPS) is 9.25. The summed E-state index contributed by atoms with van der Waals surface area (Å²) in [5, 5.41) is 10.4. The molecule has 3 N–H and O–H groups in total. The van der Waals surface area contributed by atoms with Crippen LogP contribution in [0.2, 0.25) is 0 Å². The number of halogens is 2. The molecular weight excluding hydrogens is 301 g/mol. The fourth-order valence-electron chi connectivity index (χ4n) is 1.62. The summed E-state index contributed by atoms with van der Waals surface area (Å²) in [6.07, 6.45) is 1.64. The molecule has 1 aromatic carbocycles. The maximum Gasteiger partial charge on any atom is 0.253 e. The zero-order chi connectivity index (χ0) is 13.0. The lowest BCUT2D eigenvalue weighted by Gasteiger charge is -2.08. The number of benzene rings is 1. The largest absolute Gasteiger partial charge is 0.398 e. The number of aryl methyl sites for hydroxylation is 1. The Balaban J connectivity index is 0.00000180. The Morgan fingerprint density at radius 3 is 2.65 bits per heavy atom. The van der Waals surface area contributed by atoms with Gasteiger partial charge in [0.05, 0.1) is 5.56 Å². The van der Waals surface area contributed by atoms with Crippen molar-refractivity contribution in [2.45, 2.75) is 13.5 Å². The lowest BCUT2D eigenvalue weighted by atomic mass is 10.2. The standard InChI is InChI=1S/C12H15N5O.2ClH/c1-9-16-15-8-17(9)7-6-14-12(18)10-4-2-3-5-11(10)13;;/h2-5,8H,6-7,13H2,1H3,(H,14,18);2*1H. The molecule has 1 aromatic heterocycles. The Kier molecular flexibility index (Phi) is 7.64. The van der Waals surface area contributed by atoms with E-state index in [9.17, 15) is 4.79 Å². The number of hydrogen-bond acceptors (Lipinski definition) is 4. The van der Waals surface area contributed by atoms with Crippen molar-refractivity contribution in [3.8, 4) is 0 Å². The molecule has 0 fully saturated rings. The molecule has 2 aromatic rings. The van der Waals surface area contributed by atoms with E-state index in [-0.39, 0.29) is 30.7 Å². The van der Waals surface area contributed by atoms with Gasteiger partial charge in [0.15, 0.2) is 0 Å². The Morgan fingerprint density at radius 2 is 2.05 bits per heavy atom. The van der Waals surface area contributed by atoms with Gasteiger partial charge >= 0.3 is 0 Å². The van der Waals surface area contributed by atoms with Crippen molar-refractivity contribution in [1.82, 2.24) is 20.1 Å². The van der Waals surface area contributed by atoms with Gasteiger partial charge in [-0.15, -0.1) is 35.0 Å². The van der Waals surface area contributed by atoms with Crippen molar-refractivity contribution in [1.29, 1.82) is 0 Å². The number of aromatic nitrogens is 3. The van der Waals surface area contributed by atoms with Gasteiger partial charge < -0.3 is 15.6 Å². The van der Waals surface area contributed by atoms with E-state index < -0.39 is 0 Å². The molecule has 1 heterocycles. The zero-order valence-electron chi connectivity index (χ0n) is 10.9. The zero-order valence-corrected chi connectivity index (χ0v) is 12.6. The first-order chi connectivity index (χ1) is 8.68. The minimum atomic E-state index is -0.168. The third-order valence-corrected chi connectivity index (χ3v) is 2.65. The summed E-state index contributed by atoms with van der Waals surface area (Å²) in [7, 11) is 0. The quantitative estimate of drug-likeness (QED) is 0.835. The van der Waals surface area contributed by atoms with E-state index in [2.05, 4.69) is 15.5 Å². The number of nitrogens with zero attached hydrogens (tertiary/aromatic N) is 3. The minimum absolute atomic E-state index is 0. The van der Waals surface area contributed by atoms with Crippen LogP contribution in [0.5, 0.6) is 0 Å². The van der Waals surface area contributed by atoms with Crippen LogP contribution in [-0.4, -0.2) is 27.2 Å². The molecule has 2 rings (SSSR count). The number of nitrogen functional groups attached to an aromatic ring is 1. The lowest BCUT2D eigenvalue weighted by Crippen LogP contribution is -2.28. The SMILES string of the molecule is Cc1nncn1CCNC(=O)c1ccccc1N.Cl.Cl. The highest BCUT2D eigenvalue weighted by molar-refractivity contribution is 5.98. The van der Waals surface area contributed by atoms with Crippen molar-refractivity contribution in [3.63, 3.8) is 0 Å². The third-order valence-electron chi connectivity index (χ3n) is 2.65. The fraction of sp³-hybridized carbons (Fsp3) is 0.250. The van der Waals surface area contributed by atoms with Gasteiger partial charge in [0, 0.05) is 18.8 Å². The van der Waals surface area contributed by atoms with Gasteiger partial charge in [-0.2, -0.15) is 0 Å². The highest BCUT2D eigenvalue weighted by Gasteiger charge is 2.07. The van der Waals surface area contributed by atoms with E-state index >= 15 is 0 Å². The fourth-order valence-corrected chi connectivity index (χ4v) is 1.62. The van der Waals surface area contributed by atoms with Crippen LogP contribution in [0.4, 0.5) is 5.69 Å². The number of nitrogens with one attached hydrogen (secondary N) is 1. The predicted octanol–water partition coefficient (Wildman–Crippen LogP) is 1.44. The highest BCUT2D eigenvalue weighted by atomic mass is 35.5. The topological polar surface area (TPSA) is 85.8 Å². The minimum Gasteiger partial charge on any atom is -0.398 e. The molecule has 0 aliphatic heterocycles. The molecule has 0 aliphatic rings. The number of hydrogen-bond donors (Lipinski definition) is 2. The number of rotatable bonds is 4. The molecule has 8 heteroatoms. The molecule has 0 radical (unpaired) electrons. The average Bonchev–Trinajstić information content (AvgIpc) is 2.75. The van der Waals surface area contributed by atoms with Crippen LogP contribution in [0.3, 0.4) is 0 Å². The maximum absolute atomic E-state index is 11.8. The maximum atomic E-state index is 11.8. The number of amides is 1. The van der Waals surface area contributed by atoms with E-state index in [1.54, 1.807) is 30.6 Å². The first-order valence-corrected chi connectivity index (χ1v) is 5.65. The number of anilines is 1. The van der Waals surface area contributed by atoms with E-state index in [4.69, 9.17) is 5.73 Å². The summed E-state index contributed by atoms with van der Waals surface area (Å²) in [4.78, 5) is 11.8. The van der Waals surface area contributed by atoms with E-state index in [0.29, 0.717) is 24.3 Å². The number of para-hydroxylation sites is 1. The molecule has 0 saturated heterocycles. The molecule has 110 valence electrons. The molecule has 0 unspecified atom stereocenters. The van der Waals surface area contributed by atoms with Crippen LogP contribution in [0, 0.1) is 6.92 Å². The monoisotopic (exact) mass is 317 g/mol. The van der Waals surface area contributed by atoms with Gasteiger partial charge in [0.2, 0.25) is 0 Å². The van der Waals surface area contributed by atoms with Gasteiger partial charge in [-0.05, 0) is 19.1 Å². The molecular formula is C12H17Cl2N5O. The van der Waals surface area contributed by atoms with E-state index in [0.717, 1.165) is 5.82 Å². The van der Waals surface area contributed by atoms with Crippen LogP contribution in [0.1, 0.15) is 16.2 Å². The Bertz CT molecular complexity index is 558. The molecule has 1 amide bonds. The van der Waals surface area contributed by atoms with Crippen LogP contribution in [-0.2, 0) is 6.54 Å². The average molecular weight is 318 g/mol. The molecule has 0 bridgehead atoms. The van der Waals surface area contributed by atoms with Crippen molar-refractivity contribution in [2.75, 3.05) is 12.3 Å². The molecule has 6 nitrogen and oxygen atoms in total. The smallest absolute Gasteiger partial charge is 0.253 e. The second-order valence-corrected chi connectivity index (χ2v) is 3.91. The summed E-state index contributed by atoms with van der Waals surface area (Å²) < 4.78 is 1.87. The van der Waals surface area contributed by atoms with Crippen LogP contribution < -0.4 is 11.1 Å². The second kappa shape index (κ2) is 8.39. The van der Waals surface area contributed by atoms with Crippen LogP contribution >= 0.6 is 24.8 Å². The van der Waals surface area contributed by atoms with Gasteiger partial charge in [-0.1, -0.05) is 12.1 Å². The summed E-state index contributed by atoms with van der Waals surface area (Å²) in [6.45, 7) is 3.01. The summed E-state index contributed by atoms with van der Waals surface area (Å²) in [5.41, 5.74) is 6.71. The van der Waals surface area contributed by atoms with Crippen LogP contribution in [0.15, 0.2) is 30.6 Å². The summed E-state index contributed by atoms with van der Waals surface area (Å²) in [6, 6.07) is 7.00. The van der Waals surface area contributed by atoms with Crippen molar-refractivity contribution in [3.05, 3.63) is 42.0 Å². The van der Waals surface area contributed by atoms with Gasteiger partial charge in [0.25, 0.3) is 5.91 Å². The van der Waals surface area contributed by atoms with E-state index in [1.165, 1.54) is 0 Å².